The molecule has 0 spiro atoms. The molecule has 2 saturated heterocycles. The lowest BCUT2D eigenvalue weighted by Gasteiger charge is -2.39. The molecule has 0 aromatic heterocycles. The van der Waals surface area contributed by atoms with E-state index in [1.54, 1.807) is 0 Å². The Morgan fingerprint density at radius 2 is 1.56 bits per heavy atom. The first-order valence-electron chi connectivity index (χ1n) is 17.9. The highest BCUT2D eigenvalue weighted by Gasteiger charge is 2.43. The van der Waals surface area contributed by atoms with E-state index in [1.807, 2.05) is 0 Å². The minimum Gasteiger partial charge on any atom is -0.462 e. The lowest BCUT2D eigenvalue weighted by molar-refractivity contribution is -0.440. The molecule has 2 aliphatic heterocycles. The van der Waals surface area contributed by atoms with E-state index in [2.05, 4.69) is 37.8 Å². The number of hydrogen-bond acceptors (Lipinski definition) is 8. The summed E-state index contributed by atoms with van der Waals surface area (Å²) in [5.41, 5.74) is 4.69. The molecule has 3 aliphatic rings. The van der Waals surface area contributed by atoms with Gasteiger partial charge >= 0.3 is 17.9 Å². The third kappa shape index (κ3) is 14.1. The summed E-state index contributed by atoms with van der Waals surface area (Å²) >= 11 is 0. The molecule has 2 heterocycles. The van der Waals surface area contributed by atoms with Gasteiger partial charge in [0.1, 0.15) is 6.10 Å². The molecule has 0 N–H and O–H groups in total. The molecule has 0 bridgehead atoms. The predicted octanol–water partition coefficient (Wildman–Crippen LogP) is 8.83. The van der Waals surface area contributed by atoms with Crippen molar-refractivity contribution in [1.29, 1.82) is 0 Å². The van der Waals surface area contributed by atoms with Crippen molar-refractivity contribution in [3.05, 3.63) is 29.5 Å². The van der Waals surface area contributed by atoms with E-state index >= 15 is 0 Å². The predicted molar refractivity (Wildman–Crippen MR) is 174 cm³/mol. The van der Waals surface area contributed by atoms with E-state index in [0.717, 1.165) is 69.8 Å². The van der Waals surface area contributed by atoms with Gasteiger partial charge in [0.05, 0.1) is 0 Å². The Balaban J connectivity index is 1.75. The van der Waals surface area contributed by atoms with Gasteiger partial charge in [0, 0.05) is 39.4 Å². The van der Waals surface area contributed by atoms with Crippen molar-refractivity contribution in [3.63, 3.8) is 0 Å². The fraction of sp³-hybridized carbons (Fsp3) is 0.811. The molecule has 256 valence electrons. The van der Waals surface area contributed by atoms with Crippen molar-refractivity contribution in [1.82, 2.24) is 0 Å². The standard InChI is InChI=1S/C37H60O8/c1-5-7-8-9-10-11-19-32-23-24-34(42-29(3)38)33(32)20-16-18-31(17-6-2)25-26-37(43-30(4)39,44-35-21-12-14-27-40-35)45-36-22-13-15-28-41-36/h11,16,19,32-36H,5-10,12-15,17,20-28H2,1-4H3/t18?,32-,33+,34-,35?,36?,37?/m0/s1. The van der Waals surface area contributed by atoms with Gasteiger partial charge < -0.3 is 18.9 Å². The highest BCUT2D eigenvalue weighted by Crippen LogP contribution is 2.38. The number of rotatable bonds is 19. The highest BCUT2D eigenvalue weighted by molar-refractivity contribution is 5.66. The summed E-state index contributed by atoms with van der Waals surface area (Å²) in [5.74, 6) is -1.67. The Hall–Kier alpha value is -1.96. The zero-order valence-electron chi connectivity index (χ0n) is 28.5. The SMILES string of the molecule is CCCCCCC=C[C@H]1CC[C@H](OC(C)=O)[C@@H]1CC=C=C(CCC)CCC(OC(C)=O)(OC1CCCCO1)OC1CCCCO1. The van der Waals surface area contributed by atoms with Crippen LogP contribution in [-0.4, -0.2) is 49.8 Å². The van der Waals surface area contributed by atoms with Crippen LogP contribution in [0.4, 0.5) is 0 Å². The normalized spacial score (nSPS) is 26.6. The first-order valence-corrected chi connectivity index (χ1v) is 17.9. The van der Waals surface area contributed by atoms with Crippen LogP contribution in [0.2, 0.25) is 0 Å². The Kier molecular flexibility index (Phi) is 17.5. The Bertz CT molecular complexity index is 935. The maximum Gasteiger partial charge on any atom is 0.333 e. The molecule has 2 unspecified atom stereocenters. The molecular weight excluding hydrogens is 572 g/mol. The highest BCUT2D eigenvalue weighted by atomic mass is 16.9. The molecule has 3 rings (SSSR count). The second kappa shape index (κ2) is 21.0. The molecule has 45 heavy (non-hydrogen) atoms. The summed E-state index contributed by atoms with van der Waals surface area (Å²) in [7, 11) is 0. The van der Waals surface area contributed by atoms with E-state index in [-0.39, 0.29) is 18.0 Å². The third-order valence-corrected chi connectivity index (χ3v) is 8.91. The van der Waals surface area contributed by atoms with Crippen LogP contribution < -0.4 is 0 Å². The van der Waals surface area contributed by atoms with Crippen LogP contribution in [-0.2, 0) is 38.0 Å². The average Bonchev–Trinajstić information content (AvgIpc) is 3.38. The number of carbonyl (C=O) groups excluding carboxylic acids is 2. The van der Waals surface area contributed by atoms with Gasteiger partial charge in [0.25, 0.3) is 0 Å². The number of unbranched alkanes of at least 4 members (excludes halogenated alkanes) is 4. The lowest BCUT2D eigenvalue weighted by Crippen LogP contribution is -2.48. The molecule has 0 amide bonds. The van der Waals surface area contributed by atoms with Crippen molar-refractivity contribution < 1.29 is 38.0 Å². The minimum atomic E-state index is -1.60. The smallest absolute Gasteiger partial charge is 0.333 e. The fourth-order valence-electron chi connectivity index (χ4n) is 6.63. The lowest BCUT2D eigenvalue weighted by atomic mass is 9.90. The van der Waals surface area contributed by atoms with E-state index in [9.17, 15) is 9.59 Å². The van der Waals surface area contributed by atoms with Gasteiger partial charge in [-0.15, -0.1) is 5.73 Å². The van der Waals surface area contributed by atoms with Crippen LogP contribution in [0.3, 0.4) is 0 Å². The quantitative estimate of drug-likeness (QED) is 0.0459. The molecule has 1 aliphatic carbocycles. The molecule has 0 aromatic rings. The van der Waals surface area contributed by atoms with E-state index < -0.39 is 24.5 Å². The molecule has 0 aromatic carbocycles. The fourth-order valence-corrected chi connectivity index (χ4v) is 6.63. The summed E-state index contributed by atoms with van der Waals surface area (Å²) in [4.78, 5) is 24.3. The van der Waals surface area contributed by atoms with Crippen LogP contribution >= 0.6 is 0 Å². The second-order valence-corrected chi connectivity index (χ2v) is 12.9. The zero-order valence-corrected chi connectivity index (χ0v) is 28.5. The first kappa shape index (κ1) is 37.5. The average molecular weight is 633 g/mol. The summed E-state index contributed by atoms with van der Waals surface area (Å²) < 4.78 is 36.1. The van der Waals surface area contributed by atoms with Crippen molar-refractivity contribution in [3.8, 4) is 0 Å². The maximum absolute atomic E-state index is 12.4. The van der Waals surface area contributed by atoms with Crippen molar-refractivity contribution in [2.75, 3.05) is 13.2 Å². The third-order valence-electron chi connectivity index (χ3n) is 8.91. The van der Waals surface area contributed by atoms with Crippen molar-refractivity contribution in [2.45, 2.75) is 168 Å². The summed E-state index contributed by atoms with van der Waals surface area (Å²) in [6, 6.07) is 0. The van der Waals surface area contributed by atoms with Crippen LogP contribution in [0.5, 0.6) is 0 Å². The van der Waals surface area contributed by atoms with Gasteiger partial charge in [-0.05, 0) is 101 Å². The van der Waals surface area contributed by atoms with Gasteiger partial charge in [-0.1, -0.05) is 51.7 Å². The van der Waals surface area contributed by atoms with Gasteiger partial charge in [-0.25, -0.2) is 0 Å². The van der Waals surface area contributed by atoms with Crippen LogP contribution in [0.15, 0.2) is 29.5 Å². The number of hydrogen-bond donors (Lipinski definition) is 0. The van der Waals surface area contributed by atoms with Gasteiger partial charge in [-0.2, -0.15) is 0 Å². The Labute approximate surface area is 272 Å². The van der Waals surface area contributed by atoms with Crippen LogP contribution in [0, 0.1) is 11.8 Å². The van der Waals surface area contributed by atoms with Crippen LogP contribution in [0.25, 0.3) is 0 Å². The monoisotopic (exact) mass is 632 g/mol. The number of esters is 2. The number of ether oxygens (including phenoxy) is 6. The summed E-state index contributed by atoms with van der Waals surface area (Å²) in [5, 5.41) is 0. The molecule has 8 nitrogen and oxygen atoms in total. The Morgan fingerprint density at radius 1 is 0.844 bits per heavy atom. The largest absolute Gasteiger partial charge is 0.462 e. The molecule has 1 saturated carbocycles. The molecule has 0 radical (unpaired) electrons. The first-order chi connectivity index (χ1) is 21.8. The molecule has 5 atom stereocenters. The van der Waals surface area contributed by atoms with Crippen molar-refractivity contribution >= 4 is 11.9 Å². The van der Waals surface area contributed by atoms with Gasteiger partial charge in [0.15, 0.2) is 12.6 Å². The summed E-state index contributed by atoms with van der Waals surface area (Å²) in [6.07, 6.45) is 22.6. The maximum atomic E-state index is 12.4. The number of allylic oxidation sites excluding steroid dienone is 3. The van der Waals surface area contributed by atoms with Gasteiger partial charge in [0.2, 0.25) is 0 Å². The molecular formula is C37H60O8. The molecule has 8 heteroatoms. The molecule has 3 fully saturated rings. The number of carbonyl (C=O) groups is 2. The van der Waals surface area contributed by atoms with Gasteiger partial charge in [-0.3, -0.25) is 19.1 Å². The minimum absolute atomic E-state index is 0.0747. The Morgan fingerprint density at radius 3 is 2.13 bits per heavy atom. The second-order valence-electron chi connectivity index (χ2n) is 12.9. The van der Waals surface area contributed by atoms with Crippen molar-refractivity contribution in [2.24, 2.45) is 11.8 Å². The zero-order chi connectivity index (χ0) is 32.3. The summed E-state index contributed by atoms with van der Waals surface area (Å²) in [6.45, 7) is 8.47. The van der Waals surface area contributed by atoms with Crippen LogP contribution in [0.1, 0.15) is 143 Å². The van der Waals surface area contributed by atoms with E-state index in [0.29, 0.717) is 44.8 Å². The topological polar surface area (TPSA) is 89.5 Å². The van der Waals surface area contributed by atoms with E-state index in [4.69, 9.17) is 28.4 Å². The van der Waals surface area contributed by atoms with E-state index in [1.165, 1.54) is 39.5 Å².